The highest BCUT2D eigenvalue weighted by Crippen LogP contribution is 2.59. The summed E-state index contributed by atoms with van der Waals surface area (Å²) in [6.45, 7) is 3.92. The largest absolute Gasteiger partial charge is 0.469 e. The van der Waals surface area contributed by atoms with Crippen LogP contribution in [-0.2, 0) is 29.9 Å². The number of nitrogens with zero attached hydrogens (tertiary/aromatic N) is 3. The van der Waals surface area contributed by atoms with Crippen LogP contribution in [0, 0.1) is 5.41 Å². The van der Waals surface area contributed by atoms with Crippen molar-refractivity contribution in [1.82, 2.24) is 15.0 Å². The Morgan fingerprint density at radius 2 is 1.28 bits per heavy atom. The Morgan fingerprint density at radius 1 is 0.821 bits per heavy atom. The Labute approximate surface area is 227 Å². The van der Waals surface area contributed by atoms with E-state index < -0.39 is 10.8 Å². The van der Waals surface area contributed by atoms with Gasteiger partial charge < -0.3 is 9.47 Å². The van der Waals surface area contributed by atoms with E-state index in [0.717, 1.165) is 33.7 Å². The number of hydrogen-bond donors (Lipinski definition) is 1. The summed E-state index contributed by atoms with van der Waals surface area (Å²) < 4.78 is 10.1. The van der Waals surface area contributed by atoms with E-state index in [2.05, 4.69) is 11.6 Å². The lowest BCUT2D eigenvalue weighted by Gasteiger charge is -2.42. The van der Waals surface area contributed by atoms with Gasteiger partial charge in [-0.25, -0.2) is 0 Å². The second-order valence-electron chi connectivity index (χ2n) is 9.88. The van der Waals surface area contributed by atoms with Gasteiger partial charge in [0.25, 0.3) is 0 Å². The number of allylic oxidation sites excluding steroid dienone is 3. The van der Waals surface area contributed by atoms with Crippen LogP contribution >= 0.6 is 0 Å². The minimum absolute atomic E-state index is 0.138. The van der Waals surface area contributed by atoms with Gasteiger partial charge in [0, 0.05) is 42.3 Å². The van der Waals surface area contributed by atoms with Gasteiger partial charge in [0.15, 0.2) is 0 Å². The summed E-state index contributed by atoms with van der Waals surface area (Å²) in [4.78, 5) is 39.0. The first-order valence-corrected chi connectivity index (χ1v) is 12.8. The van der Waals surface area contributed by atoms with Gasteiger partial charge >= 0.3 is 11.9 Å². The molecule has 0 aliphatic heterocycles. The molecule has 5 rings (SSSR count). The number of nitrogens with one attached hydrogen (secondary N) is 1. The number of carbonyl (C=O) groups is 2. The van der Waals surface area contributed by atoms with E-state index in [0.29, 0.717) is 30.7 Å². The predicted molar refractivity (Wildman–Crippen MR) is 146 cm³/mol. The summed E-state index contributed by atoms with van der Waals surface area (Å²) >= 11 is 0. The maximum Gasteiger partial charge on any atom is 0.305 e. The molecule has 2 aliphatic carbocycles. The van der Waals surface area contributed by atoms with Crippen LogP contribution < -0.4 is 0 Å². The van der Waals surface area contributed by atoms with Crippen molar-refractivity contribution in [2.24, 2.45) is 0 Å². The zero-order valence-electron chi connectivity index (χ0n) is 22.1. The summed E-state index contributed by atoms with van der Waals surface area (Å²) in [5.41, 5.74) is 4.43. The molecule has 0 saturated heterocycles. The van der Waals surface area contributed by atoms with Crippen molar-refractivity contribution in [3.8, 4) is 11.4 Å². The van der Waals surface area contributed by atoms with Gasteiger partial charge in [-0.05, 0) is 59.7 Å². The first kappa shape index (κ1) is 26.2. The van der Waals surface area contributed by atoms with Crippen molar-refractivity contribution in [2.75, 3.05) is 14.2 Å². The molecule has 3 aromatic rings. The Morgan fingerprint density at radius 3 is 1.77 bits per heavy atom. The van der Waals surface area contributed by atoms with E-state index >= 15 is 0 Å². The third kappa shape index (κ3) is 4.16. The van der Waals surface area contributed by atoms with Crippen LogP contribution in [-0.4, -0.2) is 46.8 Å². The molecule has 0 amide bonds. The average Bonchev–Trinajstić information content (AvgIpc) is 3.38. The third-order valence-electron chi connectivity index (χ3n) is 8.07. The Bertz CT molecular complexity index is 1470. The molecule has 198 valence electrons. The molecule has 2 aliphatic rings. The van der Waals surface area contributed by atoms with E-state index in [4.69, 9.17) is 24.9 Å². The van der Waals surface area contributed by atoms with Crippen LogP contribution in [0.5, 0.6) is 0 Å². The number of fused-ring (bicyclic) bond motifs is 4. The summed E-state index contributed by atoms with van der Waals surface area (Å²) in [6.07, 6.45) is 10.3. The first-order valence-electron chi connectivity index (χ1n) is 12.8. The molecule has 8 heteroatoms. The van der Waals surface area contributed by atoms with E-state index in [1.165, 1.54) is 14.2 Å². The highest BCUT2D eigenvalue weighted by molar-refractivity contribution is 6.16. The lowest BCUT2D eigenvalue weighted by atomic mass is 9.60. The Kier molecular flexibility index (Phi) is 6.95. The molecule has 3 aromatic heterocycles. The first-order chi connectivity index (χ1) is 18.9. The summed E-state index contributed by atoms with van der Waals surface area (Å²) in [6, 6.07) is 11.7. The molecule has 0 spiro atoms. The van der Waals surface area contributed by atoms with E-state index in [9.17, 15) is 9.59 Å². The summed E-state index contributed by atoms with van der Waals surface area (Å²) in [5, 5.41) is 9.11. The maximum absolute atomic E-state index is 12.5. The molecule has 1 atom stereocenters. The zero-order chi connectivity index (χ0) is 27.6. The van der Waals surface area contributed by atoms with Gasteiger partial charge in [-0.3, -0.25) is 30.0 Å². The van der Waals surface area contributed by atoms with Crippen LogP contribution in [0.15, 0.2) is 79.3 Å². The van der Waals surface area contributed by atoms with Crippen molar-refractivity contribution in [2.45, 2.75) is 42.9 Å². The van der Waals surface area contributed by atoms with E-state index in [1.807, 2.05) is 42.5 Å². The summed E-state index contributed by atoms with van der Waals surface area (Å²) in [5.74, 6) is -0.653. The molecular weight excluding hydrogens is 492 g/mol. The fraction of sp³-hybridized carbons (Fsp3) is 0.290. The minimum atomic E-state index is -0.802. The number of methoxy groups -OCH3 is 2. The molecule has 3 heterocycles. The van der Waals surface area contributed by atoms with Gasteiger partial charge in [-0.1, -0.05) is 36.9 Å². The monoisotopic (exact) mass is 522 g/mol. The lowest BCUT2D eigenvalue weighted by molar-refractivity contribution is -0.141. The highest BCUT2D eigenvalue weighted by Gasteiger charge is 2.55. The Hall–Kier alpha value is -4.46. The lowest BCUT2D eigenvalue weighted by Crippen LogP contribution is -2.39. The smallest absolute Gasteiger partial charge is 0.305 e. The van der Waals surface area contributed by atoms with Crippen LogP contribution in [0.25, 0.3) is 11.4 Å². The van der Waals surface area contributed by atoms with Gasteiger partial charge in [-0.15, -0.1) is 0 Å². The minimum Gasteiger partial charge on any atom is -0.469 e. The van der Waals surface area contributed by atoms with Crippen molar-refractivity contribution < 1.29 is 19.1 Å². The number of pyridine rings is 3. The quantitative estimate of drug-likeness (QED) is 0.399. The standard InChI is InChI=1S/C31H30N4O4/c1-4-8-20-26(32)27-21(9-5-16-33-27)30(20,14-12-24(36)38-2)19-31(15-13-25(37)39-3)22-10-6-17-34-28(22)29-23(31)11-7-18-35-29/h4-11,16-18,32H,1,12-15,19H2,2-3H3/b20-8+,32-26?. The number of esters is 2. The normalized spacial score (nSPS) is 19.2. The SMILES string of the molecule is C=C/C=C1\C(=N)c2ncccc2C1(CCC(=O)OC)CC1(CCC(=O)OC)c2cccnc2-c2ncccc21. The molecule has 1 N–H and O–H groups in total. The number of ether oxygens (including phenoxy) is 2. The van der Waals surface area contributed by atoms with Gasteiger partial charge in [0.1, 0.15) is 0 Å². The fourth-order valence-electron chi connectivity index (χ4n) is 6.42. The van der Waals surface area contributed by atoms with Crippen molar-refractivity contribution in [3.63, 3.8) is 0 Å². The Balaban J connectivity index is 1.79. The van der Waals surface area contributed by atoms with E-state index in [-0.39, 0.29) is 24.8 Å². The van der Waals surface area contributed by atoms with Gasteiger partial charge in [0.2, 0.25) is 0 Å². The number of aromatic nitrogens is 3. The van der Waals surface area contributed by atoms with Crippen molar-refractivity contribution >= 4 is 17.7 Å². The molecule has 0 aromatic carbocycles. The van der Waals surface area contributed by atoms with Crippen LogP contribution in [0.1, 0.15) is 54.5 Å². The van der Waals surface area contributed by atoms with Gasteiger partial charge in [-0.2, -0.15) is 0 Å². The molecule has 0 fully saturated rings. The molecule has 0 radical (unpaired) electrons. The van der Waals surface area contributed by atoms with Crippen LogP contribution in [0.3, 0.4) is 0 Å². The molecule has 0 saturated carbocycles. The second kappa shape index (κ2) is 10.4. The zero-order valence-corrected chi connectivity index (χ0v) is 22.1. The van der Waals surface area contributed by atoms with Crippen LogP contribution in [0.4, 0.5) is 0 Å². The molecule has 39 heavy (non-hydrogen) atoms. The predicted octanol–water partition coefficient (Wildman–Crippen LogP) is 4.87. The molecular formula is C31H30N4O4. The van der Waals surface area contributed by atoms with E-state index in [1.54, 1.807) is 24.7 Å². The van der Waals surface area contributed by atoms with Crippen molar-refractivity contribution in [3.05, 3.63) is 102 Å². The fourth-order valence-corrected chi connectivity index (χ4v) is 6.42. The number of carbonyl (C=O) groups excluding carboxylic acids is 2. The van der Waals surface area contributed by atoms with Crippen LogP contribution in [0.2, 0.25) is 0 Å². The molecule has 1 unspecified atom stereocenters. The van der Waals surface area contributed by atoms with Crippen molar-refractivity contribution in [1.29, 1.82) is 5.41 Å². The molecule has 0 bridgehead atoms. The number of hydrogen-bond acceptors (Lipinski definition) is 8. The third-order valence-corrected chi connectivity index (χ3v) is 8.07. The second-order valence-corrected chi connectivity index (χ2v) is 9.88. The average molecular weight is 523 g/mol. The topological polar surface area (TPSA) is 115 Å². The highest BCUT2D eigenvalue weighted by atomic mass is 16.5. The molecule has 8 nitrogen and oxygen atoms in total. The van der Waals surface area contributed by atoms with Gasteiger partial charge in [0.05, 0.1) is 37.0 Å². The maximum atomic E-state index is 12.5. The number of rotatable bonds is 9. The summed E-state index contributed by atoms with van der Waals surface area (Å²) in [7, 11) is 2.76.